The van der Waals surface area contributed by atoms with E-state index in [1.54, 1.807) is 6.26 Å². The molecular formula is C19H28OS. The van der Waals surface area contributed by atoms with E-state index in [-0.39, 0.29) is 0 Å². The van der Waals surface area contributed by atoms with Gasteiger partial charge in [-0.1, -0.05) is 70.2 Å². The van der Waals surface area contributed by atoms with Crippen LogP contribution in [0.3, 0.4) is 0 Å². The largest absolute Gasteiger partial charge is 0.489 e. The third-order valence-electron chi connectivity index (χ3n) is 2.80. The fourth-order valence-electron chi connectivity index (χ4n) is 1.69. The normalized spacial score (nSPS) is 9.10. The summed E-state index contributed by atoms with van der Waals surface area (Å²) in [5.41, 5.74) is 2.54. The van der Waals surface area contributed by atoms with Crippen LogP contribution in [-0.2, 0) is 6.61 Å². The van der Waals surface area contributed by atoms with Gasteiger partial charge >= 0.3 is 0 Å². The van der Waals surface area contributed by atoms with Gasteiger partial charge < -0.3 is 4.74 Å². The zero-order valence-corrected chi connectivity index (χ0v) is 14.7. The van der Waals surface area contributed by atoms with Crippen molar-refractivity contribution >= 4 is 12.6 Å². The van der Waals surface area contributed by atoms with Gasteiger partial charge in [0.25, 0.3) is 0 Å². The van der Waals surface area contributed by atoms with E-state index in [2.05, 4.69) is 50.7 Å². The van der Waals surface area contributed by atoms with Crippen LogP contribution in [-0.4, -0.2) is 6.26 Å². The molecule has 0 heterocycles. The van der Waals surface area contributed by atoms with Gasteiger partial charge in [-0.05, 0) is 35.4 Å². The van der Waals surface area contributed by atoms with Gasteiger partial charge in [-0.2, -0.15) is 12.6 Å². The molecule has 0 aliphatic carbocycles. The van der Waals surface area contributed by atoms with Crippen molar-refractivity contribution in [3.63, 3.8) is 0 Å². The Hall–Kier alpha value is -1.41. The molecule has 1 nitrogen and oxygen atoms in total. The van der Waals surface area contributed by atoms with Gasteiger partial charge in [-0.3, -0.25) is 0 Å². The third-order valence-corrected chi connectivity index (χ3v) is 2.80. The van der Waals surface area contributed by atoms with Crippen molar-refractivity contribution in [1.82, 2.24) is 0 Å². The van der Waals surface area contributed by atoms with Gasteiger partial charge in [0.15, 0.2) is 0 Å². The predicted molar refractivity (Wildman–Crippen MR) is 97.6 cm³/mol. The van der Waals surface area contributed by atoms with Gasteiger partial charge in [0.2, 0.25) is 0 Å². The molecule has 2 aromatic carbocycles. The van der Waals surface area contributed by atoms with Crippen molar-refractivity contribution in [3.05, 3.63) is 65.7 Å². The minimum absolute atomic E-state index is 0.568. The molecular weight excluding hydrogens is 276 g/mol. The second kappa shape index (κ2) is 12.3. The molecule has 0 spiro atoms. The van der Waals surface area contributed by atoms with Crippen LogP contribution in [0.4, 0.5) is 0 Å². The highest BCUT2D eigenvalue weighted by atomic mass is 32.1. The van der Waals surface area contributed by atoms with Crippen molar-refractivity contribution in [2.24, 2.45) is 0 Å². The molecule has 0 unspecified atom stereocenters. The fraction of sp³-hybridized carbons (Fsp3) is 0.368. The van der Waals surface area contributed by atoms with Crippen LogP contribution in [0.2, 0.25) is 0 Å². The summed E-state index contributed by atoms with van der Waals surface area (Å²) in [7, 11) is 0. The summed E-state index contributed by atoms with van der Waals surface area (Å²) < 4.78 is 5.73. The summed E-state index contributed by atoms with van der Waals surface area (Å²) >= 11 is 3.53. The lowest BCUT2D eigenvalue weighted by molar-refractivity contribution is 0.306. The summed E-state index contributed by atoms with van der Waals surface area (Å²) in [6, 6.07) is 18.6. The molecule has 0 aliphatic rings. The number of benzene rings is 2. The topological polar surface area (TPSA) is 9.23 Å². The second-order valence-electron chi connectivity index (χ2n) is 4.50. The monoisotopic (exact) mass is 304 g/mol. The van der Waals surface area contributed by atoms with E-state index in [0.717, 1.165) is 5.75 Å². The first-order valence-electron chi connectivity index (χ1n) is 7.47. The molecule has 2 aromatic rings. The summed E-state index contributed by atoms with van der Waals surface area (Å²) in [5, 5.41) is 0. The van der Waals surface area contributed by atoms with Crippen molar-refractivity contribution in [3.8, 4) is 5.75 Å². The number of hydrogen-bond donors (Lipinski definition) is 1. The number of hydrogen-bond acceptors (Lipinski definition) is 2. The Bertz CT molecular complexity index is 449. The minimum atomic E-state index is 0.568. The van der Waals surface area contributed by atoms with Crippen molar-refractivity contribution in [2.75, 3.05) is 6.26 Å². The Morgan fingerprint density at radius 3 is 1.86 bits per heavy atom. The van der Waals surface area contributed by atoms with Crippen LogP contribution in [0.25, 0.3) is 0 Å². The summed E-state index contributed by atoms with van der Waals surface area (Å²) in [6.45, 7) is 9.02. The van der Waals surface area contributed by atoms with E-state index in [4.69, 9.17) is 4.74 Å². The van der Waals surface area contributed by atoms with Crippen molar-refractivity contribution < 1.29 is 4.74 Å². The number of ether oxygens (including phenoxy) is 1. The van der Waals surface area contributed by atoms with Gasteiger partial charge in [0.1, 0.15) is 12.4 Å². The summed E-state index contributed by atoms with van der Waals surface area (Å²) in [5.74, 6) is 1.50. The molecule has 0 N–H and O–H groups in total. The maximum atomic E-state index is 5.73. The maximum Gasteiger partial charge on any atom is 0.119 e. The third kappa shape index (κ3) is 7.81. The summed E-state index contributed by atoms with van der Waals surface area (Å²) in [4.78, 5) is 0. The average molecular weight is 304 g/mol. The molecule has 0 aliphatic heterocycles. The van der Waals surface area contributed by atoms with Crippen LogP contribution >= 0.6 is 12.6 Å². The van der Waals surface area contributed by atoms with E-state index in [0.29, 0.717) is 12.5 Å². The first-order chi connectivity index (χ1) is 10.3. The minimum Gasteiger partial charge on any atom is -0.489 e. The van der Waals surface area contributed by atoms with E-state index < -0.39 is 0 Å². The van der Waals surface area contributed by atoms with Crippen LogP contribution in [0.15, 0.2) is 54.6 Å². The molecule has 0 saturated heterocycles. The zero-order chi connectivity index (χ0) is 16.1. The highest BCUT2D eigenvalue weighted by Gasteiger charge is 1.99. The fourth-order valence-corrected chi connectivity index (χ4v) is 1.69. The molecule has 116 valence electrons. The SMILES string of the molecule is CC.CC(C)c1ccc(OCc2ccccc2)cc1.CS. The molecule has 0 radical (unpaired) electrons. The van der Waals surface area contributed by atoms with Crippen molar-refractivity contribution in [2.45, 2.75) is 40.2 Å². The molecule has 0 atom stereocenters. The van der Waals surface area contributed by atoms with Gasteiger partial charge in [0.05, 0.1) is 0 Å². The first kappa shape index (κ1) is 19.6. The maximum absolute atomic E-state index is 5.73. The number of rotatable bonds is 4. The van der Waals surface area contributed by atoms with E-state index in [1.807, 2.05) is 44.2 Å². The lowest BCUT2D eigenvalue weighted by atomic mass is 10.0. The van der Waals surface area contributed by atoms with Gasteiger partial charge in [0, 0.05) is 0 Å². The standard InChI is InChI=1S/C16H18O.C2H6.CH4S/c1-13(2)15-8-10-16(11-9-15)17-12-14-6-4-3-5-7-14;2*1-2/h3-11,13H,12H2,1-2H3;1-2H3;2H,1H3. The Morgan fingerprint density at radius 1 is 0.857 bits per heavy atom. The lowest BCUT2D eigenvalue weighted by Gasteiger charge is -2.08. The Kier molecular flexibility index (Phi) is 11.5. The van der Waals surface area contributed by atoms with Gasteiger partial charge in [-0.25, -0.2) is 0 Å². The molecule has 0 amide bonds. The Labute approximate surface area is 135 Å². The van der Waals surface area contributed by atoms with Gasteiger partial charge in [-0.15, -0.1) is 0 Å². The zero-order valence-electron chi connectivity index (χ0n) is 13.8. The quantitative estimate of drug-likeness (QED) is 0.685. The highest BCUT2D eigenvalue weighted by Crippen LogP contribution is 2.19. The smallest absolute Gasteiger partial charge is 0.119 e. The molecule has 0 fully saturated rings. The van der Waals surface area contributed by atoms with E-state index in [1.165, 1.54) is 11.1 Å². The predicted octanol–water partition coefficient (Wildman–Crippen LogP) is 5.96. The van der Waals surface area contributed by atoms with Crippen LogP contribution < -0.4 is 4.74 Å². The molecule has 21 heavy (non-hydrogen) atoms. The average Bonchev–Trinajstić information content (AvgIpc) is 2.58. The molecule has 2 heteroatoms. The Morgan fingerprint density at radius 2 is 1.38 bits per heavy atom. The highest BCUT2D eigenvalue weighted by molar-refractivity contribution is 7.79. The van der Waals surface area contributed by atoms with Crippen LogP contribution in [0.1, 0.15) is 44.7 Å². The molecule has 0 bridgehead atoms. The number of thiol groups is 1. The van der Waals surface area contributed by atoms with E-state index >= 15 is 0 Å². The van der Waals surface area contributed by atoms with Crippen LogP contribution in [0, 0.1) is 0 Å². The van der Waals surface area contributed by atoms with E-state index in [9.17, 15) is 0 Å². The second-order valence-corrected chi connectivity index (χ2v) is 4.50. The Balaban J connectivity index is 0.000000921. The first-order valence-corrected chi connectivity index (χ1v) is 8.36. The molecule has 0 aromatic heterocycles. The van der Waals surface area contributed by atoms with Crippen molar-refractivity contribution in [1.29, 1.82) is 0 Å². The molecule has 0 saturated carbocycles. The lowest BCUT2D eigenvalue weighted by Crippen LogP contribution is -1.95. The van der Waals surface area contributed by atoms with Crippen LogP contribution in [0.5, 0.6) is 5.75 Å². The molecule has 2 rings (SSSR count). The summed E-state index contributed by atoms with van der Waals surface area (Å²) in [6.07, 6.45) is 1.69.